The van der Waals surface area contributed by atoms with Crippen LogP contribution < -0.4 is 0 Å². The van der Waals surface area contributed by atoms with Gasteiger partial charge in [-0.2, -0.15) is 0 Å². The van der Waals surface area contributed by atoms with E-state index in [0.29, 0.717) is 19.3 Å². The highest BCUT2D eigenvalue weighted by atomic mass is 16.5. The van der Waals surface area contributed by atoms with E-state index in [9.17, 15) is 29.4 Å². The average Bonchev–Trinajstić information content (AvgIpc) is 2.98. The molecule has 0 radical (unpaired) electrons. The smallest absolute Gasteiger partial charge is 0.303 e. The Morgan fingerprint density at radius 1 is 1.12 bits per heavy atom. The summed E-state index contributed by atoms with van der Waals surface area (Å²) in [5.41, 5.74) is -2.04. The van der Waals surface area contributed by atoms with Gasteiger partial charge in [0.2, 0.25) is 5.78 Å². The summed E-state index contributed by atoms with van der Waals surface area (Å²) in [4.78, 5) is 48.3. The van der Waals surface area contributed by atoms with Crippen LogP contribution in [0.25, 0.3) is 0 Å². The fourth-order valence-electron chi connectivity index (χ4n) is 7.78. The van der Waals surface area contributed by atoms with Crippen LogP contribution in [-0.2, 0) is 28.7 Å². The van der Waals surface area contributed by atoms with E-state index in [-0.39, 0.29) is 36.4 Å². The Morgan fingerprint density at radius 3 is 2.45 bits per heavy atom. The van der Waals surface area contributed by atoms with Crippen molar-refractivity contribution >= 4 is 23.5 Å². The Morgan fingerprint density at radius 2 is 1.82 bits per heavy atom. The molecule has 8 nitrogen and oxygen atoms in total. The van der Waals surface area contributed by atoms with Gasteiger partial charge < -0.3 is 19.7 Å². The molecule has 0 aliphatic heterocycles. The maximum absolute atomic E-state index is 13.0. The number of hydrogen-bond donors (Lipinski definition) is 2. The number of aliphatic hydroxyl groups is 2. The highest BCUT2D eigenvalue weighted by molar-refractivity contribution is 5.96. The fraction of sp³-hybridized carbons (Fsp3) is 0.760. The minimum atomic E-state index is -1.67. The summed E-state index contributed by atoms with van der Waals surface area (Å²) in [6.07, 6.45) is 2.83. The summed E-state index contributed by atoms with van der Waals surface area (Å²) >= 11 is 0. The second-order valence-electron chi connectivity index (χ2n) is 10.9. The molecular weight excluding hydrogens is 428 g/mol. The molecule has 0 bridgehead atoms. The number of fused-ring (bicyclic) bond motifs is 5. The number of hydrogen-bond acceptors (Lipinski definition) is 8. The normalized spacial score (nSPS) is 44.1. The molecule has 0 saturated heterocycles. The van der Waals surface area contributed by atoms with Gasteiger partial charge in [0.1, 0.15) is 5.60 Å². The number of aliphatic hydroxyl groups excluding tert-OH is 1. The number of allylic oxidation sites excluding steroid dienone is 1. The van der Waals surface area contributed by atoms with Crippen LogP contribution in [0.4, 0.5) is 0 Å². The van der Waals surface area contributed by atoms with Crippen molar-refractivity contribution in [2.24, 2.45) is 28.6 Å². The zero-order valence-corrected chi connectivity index (χ0v) is 19.8. The number of carbonyl (C=O) groups excluding carboxylic acids is 4. The highest BCUT2D eigenvalue weighted by Gasteiger charge is 2.68. The maximum Gasteiger partial charge on any atom is 0.303 e. The molecule has 0 unspecified atom stereocenters. The first-order chi connectivity index (χ1) is 15.3. The molecule has 182 valence electrons. The third-order valence-corrected chi connectivity index (χ3v) is 9.24. The Kier molecular flexibility index (Phi) is 5.85. The van der Waals surface area contributed by atoms with Crippen LogP contribution in [0.1, 0.15) is 66.2 Å². The topological polar surface area (TPSA) is 127 Å². The number of carbonyl (C=O) groups is 4. The molecule has 33 heavy (non-hydrogen) atoms. The SMILES string of the molecule is CC(=O)OCC(=O)[C@@]1(O)CC[C@H]2[C@@H]3CCC4=CC(=O)[C@H](OC(C)=O)C[C@]4(C)[C@H]3[C@@H](O)C[C@@]21C. The lowest BCUT2D eigenvalue weighted by Gasteiger charge is -2.60. The van der Waals surface area contributed by atoms with Crippen LogP contribution in [0, 0.1) is 28.6 Å². The number of esters is 2. The summed E-state index contributed by atoms with van der Waals surface area (Å²) in [6, 6.07) is 0. The van der Waals surface area contributed by atoms with Crippen LogP contribution in [0.3, 0.4) is 0 Å². The van der Waals surface area contributed by atoms with Gasteiger partial charge in [-0.3, -0.25) is 19.2 Å². The van der Waals surface area contributed by atoms with Crippen LogP contribution in [0.2, 0.25) is 0 Å². The van der Waals surface area contributed by atoms with Crippen molar-refractivity contribution in [1.82, 2.24) is 0 Å². The Balaban J connectivity index is 1.65. The number of Topliss-reactive ketones (excluding diaryl/α,β-unsaturated/α-hetero) is 1. The standard InChI is InChI=1S/C25H34O8/c1-13(26)32-12-21(30)25(31)8-7-17-16-6-5-15-9-18(28)20(33-14(2)27)11-23(15,3)22(16)19(29)10-24(17,25)4/h9,16-17,19-20,22,29,31H,5-8,10-12H2,1-4H3/t16-,17-,19-,20+,22+,23-,24-,25-/m0/s1. The molecule has 4 rings (SSSR count). The predicted molar refractivity (Wildman–Crippen MR) is 116 cm³/mol. The van der Waals surface area contributed by atoms with E-state index in [4.69, 9.17) is 9.47 Å². The molecule has 2 N–H and O–H groups in total. The third kappa shape index (κ3) is 3.57. The minimum absolute atomic E-state index is 0.000330. The van der Waals surface area contributed by atoms with Gasteiger partial charge >= 0.3 is 11.9 Å². The van der Waals surface area contributed by atoms with Crippen LogP contribution in [0.5, 0.6) is 0 Å². The van der Waals surface area contributed by atoms with Gasteiger partial charge in [-0.25, -0.2) is 0 Å². The van der Waals surface area contributed by atoms with E-state index in [0.717, 1.165) is 12.0 Å². The largest absolute Gasteiger partial charge is 0.458 e. The van der Waals surface area contributed by atoms with Gasteiger partial charge in [0, 0.05) is 25.7 Å². The molecule has 0 spiro atoms. The maximum atomic E-state index is 13.0. The van der Waals surface area contributed by atoms with Crippen molar-refractivity contribution in [2.45, 2.75) is 84.0 Å². The Hall–Kier alpha value is -2.06. The predicted octanol–water partition coefficient (Wildman–Crippen LogP) is 1.89. The molecule has 4 aliphatic carbocycles. The van der Waals surface area contributed by atoms with Crippen LogP contribution >= 0.6 is 0 Å². The van der Waals surface area contributed by atoms with Crippen LogP contribution in [-0.4, -0.2) is 58.1 Å². The van der Waals surface area contributed by atoms with Crippen molar-refractivity contribution in [1.29, 1.82) is 0 Å². The lowest BCUT2D eigenvalue weighted by Crippen LogP contribution is -2.62. The molecule has 3 saturated carbocycles. The van der Waals surface area contributed by atoms with Crippen molar-refractivity contribution in [3.05, 3.63) is 11.6 Å². The van der Waals surface area contributed by atoms with Crippen LogP contribution in [0.15, 0.2) is 11.6 Å². The minimum Gasteiger partial charge on any atom is -0.458 e. The first-order valence-electron chi connectivity index (χ1n) is 11.8. The van der Waals surface area contributed by atoms with Crippen molar-refractivity contribution in [2.75, 3.05) is 6.61 Å². The van der Waals surface area contributed by atoms with E-state index in [1.807, 2.05) is 13.8 Å². The summed E-state index contributed by atoms with van der Waals surface area (Å²) < 4.78 is 10.2. The Bertz CT molecular complexity index is 923. The summed E-state index contributed by atoms with van der Waals surface area (Å²) in [7, 11) is 0. The number of ketones is 2. The van der Waals surface area contributed by atoms with Gasteiger partial charge in [0.25, 0.3) is 0 Å². The average molecular weight is 463 g/mol. The molecule has 0 aromatic carbocycles. The summed E-state index contributed by atoms with van der Waals surface area (Å²) in [6.45, 7) is 5.94. The monoisotopic (exact) mass is 462 g/mol. The molecule has 8 heteroatoms. The van der Waals surface area contributed by atoms with Crippen molar-refractivity contribution < 1.29 is 38.9 Å². The highest BCUT2D eigenvalue weighted by Crippen LogP contribution is 2.67. The molecule has 8 atom stereocenters. The Labute approximate surface area is 193 Å². The zero-order valence-electron chi connectivity index (χ0n) is 19.8. The fourth-order valence-corrected chi connectivity index (χ4v) is 7.78. The van der Waals surface area contributed by atoms with Gasteiger partial charge in [-0.05, 0) is 61.3 Å². The number of rotatable bonds is 4. The third-order valence-electron chi connectivity index (χ3n) is 9.24. The van der Waals surface area contributed by atoms with E-state index in [1.54, 1.807) is 6.08 Å². The lowest BCUT2D eigenvalue weighted by molar-refractivity contribution is -0.187. The summed E-state index contributed by atoms with van der Waals surface area (Å²) in [5, 5.41) is 23.0. The molecule has 0 aromatic heterocycles. The van der Waals surface area contributed by atoms with Gasteiger partial charge in [-0.15, -0.1) is 0 Å². The number of ether oxygens (including phenoxy) is 2. The first kappa shape index (κ1) is 24.1. The zero-order chi connectivity index (χ0) is 24.3. The molecule has 0 aromatic rings. The molecule has 3 fully saturated rings. The second-order valence-corrected chi connectivity index (χ2v) is 10.9. The summed E-state index contributed by atoms with van der Waals surface area (Å²) in [5.74, 6) is -1.95. The van der Waals surface area contributed by atoms with Crippen molar-refractivity contribution in [3.63, 3.8) is 0 Å². The quantitative estimate of drug-likeness (QED) is 0.607. The second kappa shape index (κ2) is 8.01. The molecule has 4 aliphatic rings. The molecule has 0 amide bonds. The molecule has 0 heterocycles. The van der Waals surface area contributed by atoms with E-state index in [1.165, 1.54) is 13.8 Å². The van der Waals surface area contributed by atoms with Gasteiger partial charge in [-0.1, -0.05) is 19.4 Å². The van der Waals surface area contributed by atoms with E-state index >= 15 is 0 Å². The van der Waals surface area contributed by atoms with E-state index < -0.39 is 53.0 Å². The van der Waals surface area contributed by atoms with Gasteiger partial charge in [0.05, 0.1) is 6.10 Å². The molecular formula is C25H34O8. The lowest BCUT2D eigenvalue weighted by atomic mass is 9.45. The van der Waals surface area contributed by atoms with Gasteiger partial charge in [0.15, 0.2) is 18.5 Å². The first-order valence-corrected chi connectivity index (χ1v) is 11.8. The van der Waals surface area contributed by atoms with Crippen molar-refractivity contribution in [3.8, 4) is 0 Å². The van der Waals surface area contributed by atoms with E-state index in [2.05, 4.69) is 0 Å².